The van der Waals surface area contributed by atoms with E-state index in [-0.39, 0.29) is 4.90 Å². The fourth-order valence-corrected chi connectivity index (χ4v) is 2.07. The highest BCUT2D eigenvalue weighted by Crippen LogP contribution is 2.09. The predicted molar refractivity (Wildman–Crippen MR) is 68.4 cm³/mol. The molecule has 9 heteroatoms. The van der Waals surface area contributed by atoms with Crippen LogP contribution in [-0.4, -0.2) is 20.4 Å². The largest absolute Gasteiger partial charge is 0.347 e. The van der Waals surface area contributed by atoms with Crippen molar-refractivity contribution < 1.29 is 18.0 Å². The van der Waals surface area contributed by atoms with Crippen LogP contribution in [0.5, 0.6) is 0 Å². The second-order valence-corrected chi connectivity index (χ2v) is 5.44. The molecular weight excluding hydrogens is 284 g/mol. The molecular formula is C11H12N4O4S. The van der Waals surface area contributed by atoms with Crippen LogP contribution in [0.2, 0.25) is 0 Å². The molecule has 1 rings (SSSR count). The number of carbonyl (C=O) groups excluding carboxylic acids is 2. The zero-order valence-electron chi connectivity index (χ0n) is 10.5. The van der Waals surface area contributed by atoms with Crippen LogP contribution in [-0.2, 0) is 14.8 Å². The lowest BCUT2D eigenvalue weighted by molar-refractivity contribution is -0.120. The number of aryl methyl sites for hydroxylation is 1. The highest BCUT2D eigenvalue weighted by atomic mass is 32.2. The Morgan fingerprint density at radius 2 is 1.80 bits per heavy atom. The van der Waals surface area contributed by atoms with Gasteiger partial charge in [0.2, 0.25) is 0 Å². The van der Waals surface area contributed by atoms with E-state index in [1.54, 1.807) is 29.8 Å². The van der Waals surface area contributed by atoms with Crippen molar-refractivity contribution in [3.8, 4) is 6.07 Å². The Hall–Kier alpha value is -2.60. The molecule has 20 heavy (non-hydrogen) atoms. The Morgan fingerprint density at radius 1 is 1.20 bits per heavy atom. The van der Waals surface area contributed by atoms with Gasteiger partial charge in [0.1, 0.15) is 6.42 Å². The van der Waals surface area contributed by atoms with E-state index in [1.165, 1.54) is 12.1 Å². The number of sulfonamides is 1. The summed E-state index contributed by atoms with van der Waals surface area (Å²) < 4.78 is 25.3. The molecule has 8 nitrogen and oxygen atoms in total. The fraction of sp³-hybridized carbons (Fsp3) is 0.182. The van der Waals surface area contributed by atoms with Gasteiger partial charge in [-0.1, -0.05) is 17.7 Å². The first-order valence-corrected chi connectivity index (χ1v) is 6.89. The van der Waals surface area contributed by atoms with Crippen LogP contribution >= 0.6 is 0 Å². The first-order chi connectivity index (χ1) is 9.35. The van der Waals surface area contributed by atoms with Crippen molar-refractivity contribution in [1.29, 1.82) is 5.26 Å². The molecule has 3 amide bonds. The molecule has 0 saturated heterocycles. The molecule has 3 N–H and O–H groups in total. The molecule has 0 fully saturated rings. The number of hydrogen-bond acceptors (Lipinski definition) is 5. The van der Waals surface area contributed by atoms with Crippen molar-refractivity contribution in [3.05, 3.63) is 29.8 Å². The maximum atomic E-state index is 11.8. The summed E-state index contributed by atoms with van der Waals surface area (Å²) in [6, 6.07) is 6.30. The molecule has 0 unspecified atom stereocenters. The van der Waals surface area contributed by atoms with Crippen LogP contribution in [0.1, 0.15) is 12.0 Å². The van der Waals surface area contributed by atoms with Crippen molar-refractivity contribution in [2.75, 3.05) is 0 Å². The lowest BCUT2D eigenvalue weighted by Gasteiger charge is -2.09. The van der Waals surface area contributed by atoms with Gasteiger partial charge in [0, 0.05) is 0 Å². The lowest BCUT2D eigenvalue weighted by atomic mass is 10.2. The lowest BCUT2D eigenvalue weighted by Crippen LogP contribution is -2.48. The van der Waals surface area contributed by atoms with E-state index in [2.05, 4.69) is 0 Å². The summed E-state index contributed by atoms with van der Waals surface area (Å²) in [5.41, 5.74) is 4.58. The number of benzene rings is 1. The number of hydrogen-bond donors (Lipinski definition) is 3. The summed E-state index contributed by atoms with van der Waals surface area (Å²) >= 11 is 0. The van der Waals surface area contributed by atoms with E-state index < -0.39 is 28.4 Å². The number of hydrazine groups is 1. The van der Waals surface area contributed by atoms with Gasteiger partial charge in [-0.05, 0) is 19.1 Å². The summed E-state index contributed by atoms with van der Waals surface area (Å²) in [5, 5.41) is 8.22. The molecule has 1 aromatic rings. The smallest absolute Gasteiger partial charge is 0.272 e. The van der Waals surface area contributed by atoms with Gasteiger partial charge < -0.3 is 0 Å². The van der Waals surface area contributed by atoms with E-state index >= 15 is 0 Å². The number of carbonyl (C=O) groups is 2. The molecule has 0 saturated carbocycles. The third kappa shape index (κ3) is 4.58. The maximum Gasteiger partial charge on any atom is 0.347 e. The monoisotopic (exact) mass is 296 g/mol. The molecule has 0 aliphatic heterocycles. The van der Waals surface area contributed by atoms with E-state index in [0.29, 0.717) is 0 Å². The minimum Gasteiger partial charge on any atom is -0.272 e. The number of nitrogens with one attached hydrogen (secondary N) is 3. The molecule has 106 valence electrons. The Bertz CT molecular complexity index is 646. The third-order valence-corrected chi connectivity index (χ3v) is 3.46. The summed E-state index contributed by atoms with van der Waals surface area (Å²) in [6.07, 6.45) is -0.453. The zero-order chi connectivity index (χ0) is 15.2. The minimum absolute atomic E-state index is 0.0819. The van der Waals surface area contributed by atoms with Gasteiger partial charge >= 0.3 is 6.03 Å². The summed E-state index contributed by atoms with van der Waals surface area (Å²) in [5.74, 6) is -0.754. The number of nitriles is 1. The SMILES string of the molecule is Cc1ccc(S(=O)(=O)NC(=O)NNC(=O)CC#N)cc1. The molecule has 0 bridgehead atoms. The quantitative estimate of drug-likeness (QED) is 0.672. The van der Waals surface area contributed by atoms with Gasteiger partial charge in [-0.25, -0.2) is 23.4 Å². The van der Waals surface area contributed by atoms with Gasteiger partial charge in [0.15, 0.2) is 0 Å². The van der Waals surface area contributed by atoms with Crippen LogP contribution in [0.4, 0.5) is 4.79 Å². The van der Waals surface area contributed by atoms with Crippen LogP contribution in [0.25, 0.3) is 0 Å². The molecule has 0 aliphatic rings. The second-order valence-electron chi connectivity index (χ2n) is 3.76. The highest BCUT2D eigenvalue weighted by Gasteiger charge is 2.17. The normalized spacial score (nSPS) is 10.2. The molecule has 0 heterocycles. The number of urea groups is 1. The molecule has 0 atom stereocenters. The topological polar surface area (TPSA) is 128 Å². The van der Waals surface area contributed by atoms with Crippen LogP contribution in [0, 0.1) is 18.3 Å². The number of amides is 3. The minimum atomic E-state index is -4.01. The number of nitrogens with zero attached hydrogens (tertiary/aromatic N) is 1. The standard InChI is InChI=1S/C11H12N4O4S/c1-8-2-4-9(5-3-8)20(18,19)15-11(17)14-13-10(16)6-7-12/h2-5H,6H2,1H3,(H,13,16)(H2,14,15,17). The van der Waals surface area contributed by atoms with E-state index in [1.807, 2.05) is 10.9 Å². The first-order valence-electron chi connectivity index (χ1n) is 5.40. The molecule has 0 spiro atoms. The Morgan fingerprint density at radius 3 is 2.35 bits per heavy atom. The average Bonchev–Trinajstić information content (AvgIpc) is 2.37. The van der Waals surface area contributed by atoms with Crippen LogP contribution in [0.15, 0.2) is 29.2 Å². The fourth-order valence-electron chi connectivity index (χ4n) is 1.17. The maximum absolute atomic E-state index is 11.8. The number of rotatable bonds is 3. The van der Waals surface area contributed by atoms with E-state index in [9.17, 15) is 18.0 Å². The van der Waals surface area contributed by atoms with E-state index in [4.69, 9.17) is 5.26 Å². The predicted octanol–water partition coefficient (Wildman–Crippen LogP) is -0.0722. The Kier molecular flexibility index (Phi) is 5.05. The van der Waals surface area contributed by atoms with Gasteiger partial charge in [-0.2, -0.15) is 5.26 Å². The van der Waals surface area contributed by atoms with Crippen molar-refractivity contribution in [2.24, 2.45) is 0 Å². The van der Waals surface area contributed by atoms with Gasteiger partial charge in [-0.15, -0.1) is 0 Å². The van der Waals surface area contributed by atoms with Crippen molar-refractivity contribution in [1.82, 2.24) is 15.6 Å². The molecule has 0 radical (unpaired) electrons. The summed E-state index contributed by atoms with van der Waals surface area (Å²) in [7, 11) is -4.01. The van der Waals surface area contributed by atoms with Gasteiger partial charge in [-0.3, -0.25) is 10.2 Å². The third-order valence-electron chi connectivity index (χ3n) is 2.11. The average molecular weight is 296 g/mol. The summed E-state index contributed by atoms with van der Waals surface area (Å²) in [4.78, 5) is 22.1. The molecule has 0 aliphatic carbocycles. The molecule has 1 aromatic carbocycles. The Labute approximate surface area is 115 Å². The molecule has 0 aromatic heterocycles. The first kappa shape index (κ1) is 15.5. The van der Waals surface area contributed by atoms with Crippen molar-refractivity contribution in [3.63, 3.8) is 0 Å². The van der Waals surface area contributed by atoms with Crippen LogP contribution in [0.3, 0.4) is 0 Å². The van der Waals surface area contributed by atoms with Gasteiger partial charge in [0.05, 0.1) is 11.0 Å². The van der Waals surface area contributed by atoms with E-state index in [0.717, 1.165) is 5.56 Å². The van der Waals surface area contributed by atoms with Crippen molar-refractivity contribution >= 4 is 22.0 Å². The second kappa shape index (κ2) is 6.53. The van der Waals surface area contributed by atoms with Gasteiger partial charge in [0.25, 0.3) is 15.9 Å². The van der Waals surface area contributed by atoms with Crippen LogP contribution < -0.4 is 15.6 Å². The van der Waals surface area contributed by atoms with Crippen molar-refractivity contribution in [2.45, 2.75) is 18.2 Å². The zero-order valence-corrected chi connectivity index (χ0v) is 11.3. The summed E-state index contributed by atoms with van der Waals surface area (Å²) in [6.45, 7) is 1.79. The highest BCUT2D eigenvalue weighted by molar-refractivity contribution is 7.90. The Balaban J connectivity index is 2.63.